The highest BCUT2D eigenvalue weighted by Gasteiger charge is 2.95. The second-order valence-electron chi connectivity index (χ2n) is 7.25. The van der Waals surface area contributed by atoms with Crippen molar-refractivity contribution in [2.45, 2.75) is 49.8 Å². The Labute approximate surface area is 121 Å². The van der Waals surface area contributed by atoms with Gasteiger partial charge in [-0.1, -0.05) is 12.2 Å². The Kier molecular flexibility index (Phi) is 1.68. The molecular weight excluding hydrogens is 276 g/mol. The van der Waals surface area contributed by atoms with Gasteiger partial charge in [-0.2, -0.15) is 0 Å². The third-order valence-corrected chi connectivity index (χ3v) is 6.60. The van der Waals surface area contributed by atoms with Crippen molar-refractivity contribution in [3.05, 3.63) is 12.2 Å². The summed E-state index contributed by atoms with van der Waals surface area (Å²) in [5.74, 6) is -1.86. The van der Waals surface area contributed by atoms with E-state index in [-0.39, 0.29) is 18.4 Å². The summed E-state index contributed by atoms with van der Waals surface area (Å²) >= 11 is 0. The maximum atomic E-state index is 12.3. The van der Waals surface area contributed by atoms with E-state index in [0.717, 1.165) is 5.57 Å². The molecule has 0 aromatic heterocycles. The van der Waals surface area contributed by atoms with E-state index in [2.05, 4.69) is 6.58 Å². The topological polar surface area (TPSA) is 85.4 Å². The Morgan fingerprint density at radius 2 is 2.10 bits per heavy atom. The molecule has 0 aromatic rings. The number of fused-ring (bicyclic) bond motifs is 4. The fourth-order valence-corrected chi connectivity index (χ4v) is 5.59. The zero-order valence-electron chi connectivity index (χ0n) is 11.8. The molecule has 3 aliphatic heterocycles. The van der Waals surface area contributed by atoms with Crippen LogP contribution in [0.5, 0.6) is 0 Å². The van der Waals surface area contributed by atoms with E-state index in [1.165, 1.54) is 0 Å². The molecule has 2 bridgehead atoms. The zero-order valence-corrected chi connectivity index (χ0v) is 11.8. The Bertz CT molecular complexity index is 642. The number of hydrogen-bond donors (Lipinski definition) is 1. The average Bonchev–Trinajstić information content (AvgIpc) is 2.86. The monoisotopic (exact) mass is 292 g/mol. The predicted molar refractivity (Wildman–Crippen MR) is 66.8 cm³/mol. The molecule has 5 fully saturated rings. The van der Waals surface area contributed by atoms with Crippen molar-refractivity contribution in [2.75, 3.05) is 0 Å². The van der Waals surface area contributed by atoms with Gasteiger partial charge in [0.15, 0.2) is 6.10 Å². The summed E-state index contributed by atoms with van der Waals surface area (Å²) in [6.45, 7) is 7.55. The lowest BCUT2D eigenvalue weighted by Gasteiger charge is -2.51. The van der Waals surface area contributed by atoms with Gasteiger partial charge in [-0.05, 0) is 13.8 Å². The van der Waals surface area contributed by atoms with E-state index >= 15 is 0 Å². The molecular formula is C15H16O6. The molecule has 2 aliphatic carbocycles. The van der Waals surface area contributed by atoms with Gasteiger partial charge < -0.3 is 19.3 Å². The maximum Gasteiger partial charge on any atom is 0.342 e. The van der Waals surface area contributed by atoms with Gasteiger partial charge in [0.05, 0.1) is 16.9 Å². The second kappa shape index (κ2) is 2.90. The number of hydrogen-bond acceptors (Lipinski definition) is 6. The minimum atomic E-state index is -1.35. The van der Waals surface area contributed by atoms with Gasteiger partial charge in [-0.3, -0.25) is 4.79 Å². The highest BCUT2D eigenvalue weighted by Crippen LogP contribution is 2.76. The van der Waals surface area contributed by atoms with Crippen molar-refractivity contribution in [2.24, 2.45) is 17.3 Å². The molecule has 6 nitrogen and oxygen atoms in total. The summed E-state index contributed by atoms with van der Waals surface area (Å²) in [5, 5.41) is 11.4. The standard InChI is InChI=1S/C15H16O6/c1-5(2)7-8-11(16)19-9(7)10-13(3)14(8,18)4-6-15(13,21-6)12(17)20-10/h6-10,18H,1,4H2,2-3H3/t6-,7-,8+,9+,10-,13-,14-,15+/m1/s1. The van der Waals surface area contributed by atoms with Gasteiger partial charge in [-0.15, -0.1) is 0 Å². The first-order chi connectivity index (χ1) is 9.79. The van der Waals surface area contributed by atoms with Gasteiger partial charge in [0.25, 0.3) is 0 Å². The molecule has 21 heavy (non-hydrogen) atoms. The summed E-state index contributed by atoms with van der Waals surface area (Å²) in [5.41, 5.74) is -2.60. The number of rotatable bonds is 1. The van der Waals surface area contributed by atoms with Crippen molar-refractivity contribution >= 4 is 11.9 Å². The molecule has 2 saturated carbocycles. The Morgan fingerprint density at radius 1 is 1.38 bits per heavy atom. The van der Waals surface area contributed by atoms with Crippen LogP contribution in [0.1, 0.15) is 20.3 Å². The molecule has 0 unspecified atom stereocenters. The van der Waals surface area contributed by atoms with E-state index in [1.54, 1.807) is 6.92 Å². The highest BCUT2D eigenvalue weighted by molar-refractivity contribution is 5.91. The van der Waals surface area contributed by atoms with Crippen LogP contribution in [0, 0.1) is 17.3 Å². The SMILES string of the molecule is C=C(C)[C@H]1[C@@H]2OC(=O)[C@H]1[C@]1(O)C[C@H]3O[C@]34C(=O)O[C@H]2[C@]14C. The fourth-order valence-electron chi connectivity index (χ4n) is 5.59. The van der Waals surface area contributed by atoms with Gasteiger partial charge >= 0.3 is 11.9 Å². The molecule has 3 heterocycles. The normalized spacial score (nSPS) is 62.0. The van der Waals surface area contributed by atoms with Crippen LogP contribution in [0.4, 0.5) is 0 Å². The molecule has 112 valence electrons. The average molecular weight is 292 g/mol. The number of carbonyl (C=O) groups excluding carboxylic acids is 2. The molecule has 0 amide bonds. The molecule has 6 heteroatoms. The van der Waals surface area contributed by atoms with Crippen LogP contribution >= 0.6 is 0 Å². The molecule has 0 radical (unpaired) electrons. The quantitative estimate of drug-likeness (QED) is 0.414. The molecule has 1 N–H and O–H groups in total. The van der Waals surface area contributed by atoms with Crippen LogP contribution in [-0.4, -0.2) is 46.6 Å². The number of esters is 2. The lowest BCUT2D eigenvalue weighted by Crippen LogP contribution is -2.66. The smallest absolute Gasteiger partial charge is 0.342 e. The number of aliphatic hydroxyl groups is 1. The van der Waals surface area contributed by atoms with Crippen LogP contribution in [0.25, 0.3) is 0 Å². The minimum Gasteiger partial charge on any atom is -0.457 e. The van der Waals surface area contributed by atoms with E-state index in [9.17, 15) is 14.7 Å². The fraction of sp³-hybridized carbons (Fsp3) is 0.733. The summed E-state index contributed by atoms with van der Waals surface area (Å²) in [4.78, 5) is 24.7. The minimum absolute atomic E-state index is 0.269. The summed E-state index contributed by atoms with van der Waals surface area (Å²) in [7, 11) is 0. The van der Waals surface area contributed by atoms with Crippen molar-refractivity contribution in [3.8, 4) is 0 Å². The number of epoxide rings is 1. The van der Waals surface area contributed by atoms with E-state index in [4.69, 9.17) is 14.2 Å². The van der Waals surface area contributed by atoms with Crippen LogP contribution in [-0.2, 0) is 23.8 Å². The first-order valence-corrected chi connectivity index (χ1v) is 7.26. The third kappa shape index (κ3) is 0.874. The van der Waals surface area contributed by atoms with Gasteiger partial charge in [0.1, 0.15) is 12.2 Å². The zero-order chi connectivity index (χ0) is 14.9. The summed E-state index contributed by atoms with van der Waals surface area (Å²) < 4.78 is 16.6. The Morgan fingerprint density at radius 3 is 2.76 bits per heavy atom. The first kappa shape index (κ1) is 12.2. The van der Waals surface area contributed by atoms with E-state index in [1.807, 2.05) is 6.92 Å². The van der Waals surface area contributed by atoms with Crippen molar-refractivity contribution in [1.82, 2.24) is 0 Å². The summed E-state index contributed by atoms with van der Waals surface area (Å²) in [6.07, 6.45) is -1.34. The van der Waals surface area contributed by atoms with Crippen molar-refractivity contribution in [1.29, 1.82) is 0 Å². The van der Waals surface area contributed by atoms with E-state index in [0.29, 0.717) is 0 Å². The Hall–Kier alpha value is -1.40. The molecule has 8 atom stereocenters. The molecule has 5 aliphatic rings. The largest absolute Gasteiger partial charge is 0.457 e. The van der Waals surface area contributed by atoms with Crippen LogP contribution in [0.15, 0.2) is 12.2 Å². The van der Waals surface area contributed by atoms with Crippen LogP contribution in [0.2, 0.25) is 0 Å². The third-order valence-electron chi connectivity index (χ3n) is 6.60. The van der Waals surface area contributed by atoms with Gasteiger partial charge in [-0.25, -0.2) is 4.79 Å². The molecule has 0 aromatic carbocycles. The molecule has 5 rings (SSSR count). The van der Waals surface area contributed by atoms with Crippen LogP contribution < -0.4 is 0 Å². The maximum absolute atomic E-state index is 12.3. The van der Waals surface area contributed by atoms with Gasteiger partial charge in [0.2, 0.25) is 5.60 Å². The lowest BCUT2D eigenvalue weighted by molar-refractivity contribution is -0.195. The predicted octanol–water partition coefficient (Wildman–Crippen LogP) is -0.0620. The first-order valence-electron chi connectivity index (χ1n) is 7.26. The second-order valence-corrected chi connectivity index (χ2v) is 7.25. The molecule has 3 saturated heterocycles. The lowest BCUT2D eigenvalue weighted by atomic mass is 9.53. The highest BCUT2D eigenvalue weighted by atomic mass is 16.7. The van der Waals surface area contributed by atoms with Crippen molar-refractivity contribution < 1.29 is 28.9 Å². The summed E-state index contributed by atoms with van der Waals surface area (Å²) in [6, 6.07) is 0. The number of carbonyl (C=O) groups is 2. The molecule has 1 spiro atoms. The van der Waals surface area contributed by atoms with E-state index < -0.39 is 46.7 Å². The van der Waals surface area contributed by atoms with Crippen LogP contribution in [0.3, 0.4) is 0 Å². The Balaban J connectivity index is 1.78. The van der Waals surface area contributed by atoms with Crippen molar-refractivity contribution in [3.63, 3.8) is 0 Å². The number of ether oxygens (including phenoxy) is 3. The van der Waals surface area contributed by atoms with Gasteiger partial charge in [0, 0.05) is 12.3 Å².